The molecule has 4 heteroatoms. The molecule has 0 amide bonds. The van der Waals surface area contributed by atoms with Crippen molar-refractivity contribution >= 4 is 5.97 Å². The second-order valence-corrected chi connectivity index (χ2v) is 5.55. The van der Waals surface area contributed by atoms with E-state index >= 15 is 0 Å². The molecule has 2 aliphatic rings. The van der Waals surface area contributed by atoms with E-state index < -0.39 is 11.7 Å². The number of cyclic esters (lactones) is 1. The maximum absolute atomic E-state index is 11.5. The molecule has 0 aromatic rings. The first-order valence-electron chi connectivity index (χ1n) is 6.11. The fourth-order valence-corrected chi connectivity index (χ4v) is 2.39. The van der Waals surface area contributed by atoms with E-state index in [4.69, 9.17) is 15.2 Å². The molecule has 2 rings (SSSR count). The van der Waals surface area contributed by atoms with Crippen molar-refractivity contribution in [3.05, 3.63) is 0 Å². The first kappa shape index (κ1) is 11.9. The molecule has 0 aromatic carbocycles. The molecule has 1 saturated carbocycles. The predicted molar refractivity (Wildman–Crippen MR) is 59.6 cm³/mol. The van der Waals surface area contributed by atoms with E-state index in [1.807, 2.05) is 13.8 Å². The largest absolute Gasteiger partial charge is 0.435 e. The molecule has 0 spiro atoms. The molecule has 4 nitrogen and oxygen atoms in total. The first-order valence-corrected chi connectivity index (χ1v) is 6.11. The summed E-state index contributed by atoms with van der Waals surface area (Å²) in [5, 5.41) is 0. The lowest BCUT2D eigenvalue weighted by Crippen LogP contribution is -2.41. The van der Waals surface area contributed by atoms with Crippen molar-refractivity contribution in [2.24, 2.45) is 11.1 Å². The molecular weight excluding hydrogens is 206 g/mol. The molecule has 1 heterocycles. The van der Waals surface area contributed by atoms with Gasteiger partial charge in [-0.25, -0.2) is 0 Å². The van der Waals surface area contributed by atoms with Gasteiger partial charge in [-0.1, -0.05) is 12.8 Å². The monoisotopic (exact) mass is 227 g/mol. The number of esters is 1. The smallest absolute Gasteiger partial charge is 0.314 e. The van der Waals surface area contributed by atoms with E-state index in [-0.39, 0.29) is 18.1 Å². The lowest BCUT2D eigenvalue weighted by Gasteiger charge is -2.30. The van der Waals surface area contributed by atoms with Crippen molar-refractivity contribution < 1.29 is 14.3 Å². The molecule has 2 unspecified atom stereocenters. The Hall–Kier alpha value is -0.610. The summed E-state index contributed by atoms with van der Waals surface area (Å²) in [5.74, 6) is -0.165. The van der Waals surface area contributed by atoms with Gasteiger partial charge in [-0.05, 0) is 26.7 Å². The maximum Gasteiger partial charge on any atom is 0.314 e. The SMILES string of the molecule is CC1(C)C[C@@H](OC2CCCCC2N)OC1=O. The van der Waals surface area contributed by atoms with Crippen LogP contribution in [0.5, 0.6) is 0 Å². The van der Waals surface area contributed by atoms with Crippen LogP contribution in [0.3, 0.4) is 0 Å². The topological polar surface area (TPSA) is 61.6 Å². The molecule has 92 valence electrons. The Morgan fingerprint density at radius 1 is 1.38 bits per heavy atom. The highest BCUT2D eigenvalue weighted by molar-refractivity contribution is 5.77. The van der Waals surface area contributed by atoms with Crippen LogP contribution in [-0.4, -0.2) is 24.4 Å². The number of nitrogens with two attached hydrogens (primary N) is 1. The molecule has 16 heavy (non-hydrogen) atoms. The van der Waals surface area contributed by atoms with Crippen molar-refractivity contribution in [2.75, 3.05) is 0 Å². The zero-order valence-electron chi connectivity index (χ0n) is 10.1. The minimum Gasteiger partial charge on any atom is -0.435 e. The fraction of sp³-hybridized carbons (Fsp3) is 0.917. The minimum absolute atomic E-state index is 0.0560. The van der Waals surface area contributed by atoms with Gasteiger partial charge in [0.25, 0.3) is 0 Å². The quantitative estimate of drug-likeness (QED) is 0.727. The van der Waals surface area contributed by atoms with E-state index in [0.29, 0.717) is 6.42 Å². The van der Waals surface area contributed by atoms with Gasteiger partial charge in [0.2, 0.25) is 6.29 Å². The lowest BCUT2D eigenvalue weighted by atomic mass is 9.91. The predicted octanol–water partition coefficient (Wildman–Crippen LogP) is 1.57. The average molecular weight is 227 g/mol. The van der Waals surface area contributed by atoms with Gasteiger partial charge in [-0.15, -0.1) is 0 Å². The Kier molecular flexibility index (Phi) is 3.22. The van der Waals surface area contributed by atoms with Gasteiger partial charge in [-0.3, -0.25) is 4.79 Å². The van der Waals surface area contributed by atoms with E-state index in [1.165, 1.54) is 6.42 Å². The summed E-state index contributed by atoms with van der Waals surface area (Å²) in [5.41, 5.74) is 5.58. The average Bonchev–Trinajstić information content (AvgIpc) is 2.44. The second-order valence-electron chi connectivity index (χ2n) is 5.55. The standard InChI is InChI=1S/C12H21NO3/c1-12(2)7-10(16-11(12)14)15-9-6-4-3-5-8(9)13/h8-10H,3-7,13H2,1-2H3/t8?,9?,10-/m0/s1. The van der Waals surface area contributed by atoms with Crippen LogP contribution in [0.15, 0.2) is 0 Å². The summed E-state index contributed by atoms with van der Waals surface area (Å²) in [6.45, 7) is 3.78. The molecule has 0 radical (unpaired) electrons. The summed E-state index contributed by atoms with van der Waals surface area (Å²) in [7, 11) is 0. The van der Waals surface area contributed by atoms with Crippen LogP contribution >= 0.6 is 0 Å². The van der Waals surface area contributed by atoms with E-state index in [2.05, 4.69) is 0 Å². The Balaban J connectivity index is 1.89. The normalized spacial score (nSPS) is 38.4. The molecule has 1 saturated heterocycles. The van der Waals surface area contributed by atoms with Crippen LogP contribution in [0, 0.1) is 5.41 Å². The van der Waals surface area contributed by atoms with Crippen LogP contribution < -0.4 is 5.73 Å². The van der Waals surface area contributed by atoms with Crippen LogP contribution in [0.25, 0.3) is 0 Å². The lowest BCUT2D eigenvalue weighted by molar-refractivity contribution is -0.177. The molecule has 2 N–H and O–H groups in total. The van der Waals surface area contributed by atoms with Crippen LogP contribution in [0.4, 0.5) is 0 Å². The highest BCUT2D eigenvalue weighted by atomic mass is 16.7. The summed E-state index contributed by atoms with van der Waals surface area (Å²) >= 11 is 0. The Morgan fingerprint density at radius 3 is 2.62 bits per heavy atom. The molecular formula is C12H21NO3. The molecule has 0 aromatic heterocycles. The maximum atomic E-state index is 11.5. The Bertz CT molecular complexity index is 277. The summed E-state index contributed by atoms with van der Waals surface area (Å²) in [6.07, 6.45) is 4.62. The molecule has 3 atom stereocenters. The zero-order chi connectivity index (χ0) is 11.8. The van der Waals surface area contributed by atoms with Gasteiger partial charge < -0.3 is 15.2 Å². The summed E-state index contributed by atoms with van der Waals surface area (Å²) in [4.78, 5) is 11.5. The number of hydrogen-bond acceptors (Lipinski definition) is 4. The van der Waals surface area contributed by atoms with E-state index in [9.17, 15) is 4.79 Å². The van der Waals surface area contributed by atoms with E-state index in [0.717, 1.165) is 19.3 Å². The number of ether oxygens (including phenoxy) is 2. The zero-order valence-corrected chi connectivity index (χ0v) is 10.1. The molecule has 1 aliphatic carbocycles. The summed E-state index contributed by atoms with van der Waals surface area (Å²) < 4.78 is 11.0. The van der Waals surface area contributed by atoms with Gasteiger partial charge in [0.05, 0.1) is 11.5 Å². The van der Waals surface area contributed by atoms with Crippen molar-refractivity contribution in [3.8, 4) is 0 Å². The molecule has 0 bridgehead atoms. The number of rotatable bonds is 2. The van der Waals surface area contributed by atoms with Crippen molar-refractivity contribution in [2.45, 2.75) is 64.4 Å². The fourth-order valence-electron chi connectivity index (χ4n) is 2.39. The van der Waals surface area contributed by atoms with Gasteiger partial charge in [0.1, 0.15) is 0 Å². The van der Waals surface area contributed by atoms with Crippen LogP contribution in [0.2, 0.25) is 0 Å². The van der Waals surface area contributed by atoms with Crippen LogP contribution in [0.1, 0.15) is 46.0 Å². The highest BCUT2D eigenvalue weighted by Gasteiger charge is 2.43. The van der Waals surface area contributed by atoms with Gasteiger partial charge in [0.15, 0.2) is 0 Å². The van der Waals surface area contributed by atoms with Gasteiger partial charge in [-0.2, -0.15) is 0 Å². The number of carbonyl (C=O) groups is 1. The second kappa shape index (κ2) is 4.34. The van der Waals surface area contributed by atoms with Gasteiger partial charge in [0, 0.05) is 12.5 Å². The summed E-state index contributed by atoms with van der Waals surface area (Å²) in [6, 6.07) is 0.0937. The Labute approximate surface area is 96.5 Å². The Morgan fingerprint density at radius 2 is 2.06 bits per heavy atom. The molecule has 2 fully saturated rings. The number of carbonyl (C=O) groups excluding carboxylic acids is 1. The highest BCUT2D eigenvalue weighted by Crippen LogP contribution is 2.35. The first-order chi connectivity index (χ1) is 7.49. The number of hydrogen-bond donors (Lipinski definition) is 1. The third kappa shape index (κ3) is 2.38. The van der Waals surface area contributed by atoms with Crippen molar-refractivity contribution in [3.63, 3.8) is 0 Å². The molecule has 1 aliphatic heterocycles. The third-order valence-corrected chi connectivity index (χ3v) is 3.55. The minimum atomic E-state index is -0.413. The van der Waals surface area contributed by atoms with Crippen molar-refractivity contribution in [1.82, 2.24) is 0 Å². The van der Waals surface area contributed by atoms with Gasteiger partial charge >= 0.3 is 5.97 Å². The third-order valence-electron chi connectivity index (χ3n) is 3.55. The van der Waals surface area contributed by atoms with E-state index in [1.54, 1.807) is 0 Å². The van der Waals surface area contributed by atoms with Crippen molar-refractivity contribution in [1.29, 1.82) is 0 Å². The van der Waals surface area contributed by atoms with Crippen LogP contribution in [-0.2, 0) is 14.3 Å².